The van der Waals surface area contributed by atoms with Crippen molar-refractivity contribution in [3.8, 4) is 5.75 Å². The molecule has 24 heavy (non-hydrogen) atoms. The van der Waals surface area contributed by atoms with Crippen LogP contribution in [0.5, 0.6) is 5.75 Å². The second kappa shape index (κ2) is 7.73. The molecule has 0 spiro atoms. The number of hydrogen-bond acceptors (Lipinski definition) is 7. The molecule has 2 aromatic heterocycles. The van der Waals surface area contributed by atoms with E-state index in [9.17, 15) is 9.18 Å². The summed E-state index contributed by atoms with van der Waals surface area (Å²) in [6.07, 6.45) is 0. The predicted octanol–water partition coefficient (Wildman–Crippen LogP) is 4.29. The van der Waals surface area contributed by atoms with Crippen LogP contribution in [0.25, 0.3) is 0 Å². The first kappa shape index (κ1) is 16.9. The molecule has 0 aliphatic rings. The summed E-state index contributed by atoms with van der Waals surface area (Å²) in [7, 11) is 1.42. The Kier molecular flexibility index (Phi) is 5.44. The number of nitrogens with zero attached hydrogens (tertiary/aromatic N) is 2. The van der Waals surface area contributed by atoms with Gasteiger partial charge in [0.25, 0.3) is 5.91 Å². The van der Waals surface area contributed by atoms with Gasteiger partial charge in [-0.25, -0.2) is 4.39 Å². The minimum absolute atomic E-state index is 0.112. The molecule has 0 radical (unpaired) electrons. The third-order valence-electron chi connectivity index (χ3n) is 2.95. The van der Waals surface area contributed by atoms with Crippen molar-refractivity contribution in [1.29, 1.82) is 0 Å². The van der Waals surface area contributed by atoms with E-state index in [1.54, 1.807) is 23.1 Å². The third kappa shape index (κ3) is 4.11. The number of hydrogen-bond donors (Lipinski definition) is 1. The minimum atomic E-state index is -0.509. The second-order valence-electron chi connectivity index (χ2n) is 4.54. The zero-order valence-electron chi connectivity index (χ0n) is 12.5. The van der Waals surface area contributed by atoms with Crippen LogP contribution in [-0.2, 0) is 5.75 Å². The molecule has 0 unspecified atom stereocenters. The van der Waals surface area contributed by atoms with E-state index in [-0.39, 0.29) is 5.56 Å². The number of nitrogens with one attached hydrogen (secondary N) is 1. The molecule has 0 atom stereocenters. The van der Waals surface area contributed by atoms with Gasteiger partial charge in [0.2, 0.25) is 5.13 Å². The van der Waals surface area contributed by atoms with Gasteiger partial charge in [-0.1, -0.05) is 29.2 Å². The van der Waals surface area contributed by atoms with E-state index in [0.29, 0.717) is 10.9 Å². The van der Waals surface area contributed by atoms with Crippen molar-refractivity contribution in [1.82, 2.24) is 10.2 Å². The fourth-order valence-corrected chi connectivity index (χ4v) is 4.39. The molecule has 0 aliphatic heterocycles. The molecule has 124 valence electrons. The Balaban J connectivity index is 1.66. The second-order valence-corrected chi connectivity index (χ2v) is 7.77. The van der Waals surface area contributed by atoms with Crippen molar-refractivity contribution in [2.75, 3.05) is 12.4 Å². The molecule has 1 N–H and O–H groups in total. The molecule has 5 nitrogen and oxygen atoms in total. The lowest BCUT2D eigenvalue weighted by molar-refractivity contribution is 0.102. The van der Waals surface area contributed by atoms with Crippen molar-refractivity contribution in [3.05, 3.63) is 52.0 Å². The molecular formula is C15H12FN3O2S3. The van der Waals surface area contributed by atoms with Crippen LogP contribution in [-0.4, -0.2) is 23.2 Å². The van der Waals surface area contributed by atoms with Crippen molar-refractivity contribution in [2.45, 2.75) is 10.1 Å². The molecule has 0 saturated carbocycles. The van der Waals surface area contributed by atoms with E-state index in [2.05, 4.69) is 21.6 Å². The van der Waals surface area contributed by atoms with Gasteiger partial charge in [-0.3, -0.25) is 10.1 Å². The van der Waals surface area contributed by atoms with Gasteiger partial charge in [0.05, 0.1) is 12.7 Å². The highest BCUT2D eigenvalue weighted by Crippen LogP contribution is 2.30. The Morgan fingerprint density at radius 3 is 3.00 bits per heavy atom. The van der Waals surface area contributed by atoms with E-state index in [1.807, 2.05) is 11.4 Å². The largest absolute Gasteiger partial charge is 0.496 e. The summed E-state index contributed by atoms with van der Waals surface area (Å²) in [5.41, 5.74) is 0.112. The highest BCUT2D eigenvalue weighted by atomic mass is 32.2. The van der Waals surface area contributed by atoms with Crippen LogP contribution in [0.15, 0.2) is 40.1 Å². The first-order valence-corrected chi connectivity index (χ1v) is 9.47. The number of amides is 1. The summed E-state index contributed by atoms with van der Waals surface area (Å²) in [6, 6.07) is 7.82. The van der Waals surface area contributed by atoms with E-state index in [1.165, 1.54) is 35.5 Å². The van der Waals surface area contributed by atoms with Crippen molar-refractivity contribution in [3.63, 3.8) is 0 Å². The molecular weight excluding hydrogens is 369 g/mol. The van der Waals surface area contributed by atoms with Crippen LogP contribution in [0, 0.1) is 5.82 Å². The van der Waals surface area contributed by atoms with Gasteiger partial charge in [0.15, 0.2) is 4.34 Å². The SMILES string of the molecule is COc1ccc(F)cc1C(=O)Nc1nnc(SCc2cccs2)s1. The Hall–Kier alpha value is -1.97. The fourth-order valence-electron chi connectivity index (χ4n) is 1.87. The summed E-state index contributed by atoms with van der Waals surface area (Å²) < 4.78 is 19.2. The molecule has 0 aliphatic carbocycles. The van der Waals surface area contributed by atoms with Gasteiger partial charge in [0.1, 0.15) is 11.6 Å². The standard InChI is InChI=1S/C15H12FN3O2S3/c1-21-12-5-4-9(16)7-11(12)13(20)17-14-18-19-15(24-14)23-8-10-3-2-6-22-10/h2-7H,8H2,1H3,(H,17,18,20). The number of benzene rings is 1. The van der Waals surface area contributed by atoms with E-state index >= 15 is 0 Å². The average molecular weight is 381 g/mol. The van der Waals surface area contributed by atoms with Crippen molar-refractivity contribution < 1.29 is 13.9 Å². The third-order valence-corrected chi connectivity index (χ3v) is 6.03. The number of thioether (sulfide) groups is 1. The van der Waals surface area contributed by atoms with Crippen LogP contribution >= 0.6 is 34.4 Å². The monoisotopic (exact) mass is 381 g/mol. The quantitative estimate of drug-likeness (QED) is 0.510. The Morgan fingerprint density at radius 1 is 1.38 bits per heavy atom. The lowest BCUT2D eigenvalue weighted by Gasteiger charge is -2.07. The maximum absolute atomic E-state index is 13.4. The normalized spacial score (nSPS) is 10.6. The number of carbonyl (C=O) groups excluding carboxylic acids is 1. The number of halogens is 1. The van der Waals surface area contributed by atoms with Gasteiger partial charge in [-0.2, -0.15) is 0 Å². The lowest BCUT2D eigenvalue weighted by atomic mass is 10.2. The number of carbonyl (C=O) groups is 1. The zero-order valence-corrected chi connectivity index (χ0v) is 14.9. The average Bonchev–Trinajstić information content (AvgIpc) is 3.24. The predicted molar refractivity (Wildman–Crippen MR) is 94.7 cm³/mol. The van der Waals surface area contributed by atoms with Gasteiger partial charge in [-0.15, -0.1) is 21.5 Å². The van der Waals surface area contributed by atoms with Crippen LogP contribution < -0.4 is 10.1 Å². The Labute approximate surface area is 149 Å². The smallest absolute Gasteiger partial charge is 0.261 e. The molecule has 0 bridgehead atoms. The first-order chi connectivity index (χ1) is 11.7. The van der Waals surface area contributed by atoms with Crippen LogP contribution in [0.2, 0.25) is 0 Å². The van der Waals surface area contributed by atoms with Crippen LogP contribution in [0.3, 0.4) is 0 Å². The maximum Gasteiger partial charge on any atom is 0.261 e. The zero-order chi connectivity index (χ0) is 16.9. The molecule has 0 saturated heterocycles. The summed E-state index contributed by atoms with van der Waals surface area (Å²) in [5.74, 6) is 0.103. The van der Waals surface area contributed by atoms with Gasteiger partial charge in [-0.05, 0) is 29.6 Å². The highest BCUT2D eigenvalue weighted by Gasteiger charge is 2.16. The minimum Gasteiger partial charge on any atom is -0.496 e. The molecule has 1 aromatic carbocycles. The molecule has 3 aromatic rings. The number of thiophene rings is 1. The number of methoxy groups -OCH3 is 1. The van der Waals surface area contributed by atoms with Crippen LogP contribution in [0.4, 0.5) is 9.52 Å². The molecule has 2 heterocycles. The lowest BCUT2D eigenvalue weighted by Crippen LogP contribution is -2.13. The van der Waals surface area contributed by atoms with Gasteiger partial charge in [0, 0.05) is 10.6 Å². The van der Waals surface area contributed by atoms with Crippen LogP contribution in [0.1, 0.15) is 15.2 Å². The van der Waals surface area contributed by atoms with E-state index < -0.39 is 11.7 Å². The van der Waals surface area contributed by atoms with E-state index in [0.717, 1.165) is 16.2 Å². The number of aromatic nitrogens is 2. The fraction of sp³-hybridized carbons (Fsp3) is 0.133. The van der Waals surface area contributed by atoms with E-state index in [4.69, 9.17) is 4.74 Å². The highest BCUT2D eigenvalue weighted by molar-refractivity contribution is 8.00. The number of anilines is 1. The van der Waals surface area contributed by atoms with Gasteiger partial charge >= 0.3 is 0 Å². The summed E-state index contributed by atoms with van der Waals surface area (Å²) >= 11 is 4.50. The molecule has 9 heteroatoms. The Bertz CT molecular complexity index is 836. The van der Waals surface area contributed by atoms with Crippen molar-refractivity contribution >= 4 is 45.5 Å². The first-order valence-electron chi connectivity index (χ1n) is 6.79. The number of ether oxygens (including phenoxy) is 1. The van der Waals surface area contributed by atoms with Crippen molar-refractivity contribution in [2.24, 2.45) is 0 Å². The van der Waals surface area contributed by atoms with Gasteiger partial charge < -0.3 is 4.74 Å². The summed E-state index contributed by atoms with van der Waals surface area (Å²) in [4.78, 5) is 13.5. The number of rotatable bonds is 6. The Morgan fingerprint density at radius 2 is 2.25 bits per heavy atom. The maximum atomic E-state index is 13.4. The molecule has 1 amide bonds. The molecule has 0 fully saturated rings. The molecule has 3 rings (SSSR count). The summed E-state index contributed by atoms with van der Waals surface area (Å²) in [6.45, 7) is 0. The summed E-state index contributed by atoms with van der Waals surface area (Å²) in [5, 5.41) is 13.0. The topological polar surface area (TPSA) is 64.1 Å².